The van der Waals surface area contributed by atoms with Gasteiger partial charge in [0.2, 0.25) is 0 Å². The highest BCUT2D eigenvalue weighted by molar-refractivity contribution is 7.80. The number of thiocarbonyl (C=S) groups is 1. The van der Waals surface area contributed by atoms with Crippen LogP contribution in [-0.2, 0) is 0 Å². The van der Waals surface area contributed by atoms with Crippen LogP contribution in [0.5, 0.6) is 0 Å². The van der Waals surface area contributed by atoms with Crippen molar-refractivity contribution in [3.63, 3.8) is 0 Å². The lowest BCUT2D eigenvalue weighted by Gasteiger charge is -2.17. The van der Waals surface area contributed by atoms with E-state index in [0.717, 1.165) is 4.90 Å². The first kappa shape index (κ1) is 15.4. The molecule has 1 heterocycles. The van der Waals surface area contributed by atoms with Gasteiger partial charge in [0.1, 0.15) is 10.7 Å². The number of aromatic nitrogens is 1. The summed E-state index contributed by atoms with van der Waals surface area (Å²) in [6.45, 7) is -0.416. The Hall–Kier alpha value is -1.70. The Balaban J connectivity index is 2.69. The van der Waals surface area contributed by atoms with Crippen LogP contribution in [0, 0.1) is 0 Å². The molecule has 4 nitrogen and oxygen atoms in total. The molecule has 8 heteroatoms. The summed E-state index contributed by atoms with van der Waals surface area (Å²) in [7, 11) is 1.29. The van der Waals surface area contributed by atoms with Crippen molar-refractivity contribution in [2.75, 3.05) is 13.6 Å². The Morgan fingerprint density at radius 3 is 2.53 bits per heavy atom. The second kappa shape index (κ2) is 5.96. The largest absolute Gasteiger partial charge is 0.390 e. The summed E-state index contributed by atoms with van der Waals surface area (Å²) in [5.74, 6) is -0.585. The monoisotopic (exact) mass is 291 g/mol. The van der Waals surface area contributed by atoms with E-state index in [1.807, 2.05) is 0 Å². The Morgan fingerprint density at radius 2 is 2.11 bits per heavy atom. The average Bonchev–Trinajstić information content (AvgIpc) is 2.34. The van der Waals surface area contributed by atoms with E-state index >= 15 is 0 Å². The molecular weight excluding hydrogens is 279 g/mol. The van der Waals surface area contributed by atoms with Crippen molar-refractivity contribution in [3.05, 3.63) is 29.6 Å². The number of halogens is 3. The number of hydrogen-bond acceptors (Lipinski definition) is 3. The molecule has 0 atom stereocenters. The molecule has 0 aliphatic carbocycles. The molecule has 0 aliphatic rings. The van der Waals surface area contributed by atoms with Crippen LogP contribution in [-0.4, -0.2) is 40.5 Å². The van der Waals surface area contributed by atoms with E-state index in [1.165, 1.54) is 25.4 Å². The van der Waals surface area contributed by atoms with E-state index in [-0.39, 0.29) is 10.7 Å². The van der Waals surface area contributed by atoms with Gasteiger partial charge in [0.05, 0.1) is 6.42 Å². The van der Waals surface area contributed by atoms with Crippen LogP contribution in [0.4, 0.5) is 13.2 Å². The van der Waals surface area contributed by atoms with E-state index in [2.05, 4.69) is 4.98 Å². The van der Waals surface area contributed by atoms with Gasteiger partial charge in [0, 0.05) is 25.4 Å². The van der Waals surface area contributed by atoms with Crippen LogP contribution in [0.2, 0.25) is 0 Å². The van der Waals surface area contributed by atoms with E-state index in [9.17, 15) is 18.0 Å². The SMILES string of the molecule is CN(CCC(F)(F)F)C(=O)c1ccc(C(N)=S)cn1. The third kappa shape index (κ3) is 4.82. The number of carbonyl (C=O) groups is 1. The molecular formula is C11H12F3N3OS. The van der Waals surface area contributed by atoms with E-state index in [1.54, 1.807) is 0 Å². The molecule has 1 aromatic heterocycles. The molecule has 0 aliphatic heterocycles. The zero-order chi connectivity index (χ0) is 14.6. The summed E-state index contributed by atoms with van der Waals surface area (Å²) in [5, 5.41) is 0. The molecule has 0 fully saturated rings. The lowest BCUT2D eigenvalue weighted by molar-refractivity contribution is -0.136. The van der Waals surface area contributed by atoms with Gasteiger partial charge in [-0.15, -0.1) is 0 Å². The zero-order valence-electron chi connectivity index (χ0n) is 10.1. The zero-order valence-corrected chi connectivity index (χ0v) is 10.9. The molecule has 0 bridgehead atoms. The maximum Gasteiger partial charge on any atom is 0.390 e. The molecule has 0 saturated heterocycles. The molecule has 1 rings (SSSR count). The second-order valence-electron chi connectivity index (χ2n) is 3.89. The number of nitrogens with zero attached hydrogens (tertiary/aromatic N) is 2. The first-order chi connectivity index (χ1) is 8.70. The first-order valence-electron chi connectivity index (χ1n) is 5.29. The van der Waals surface area contributed by atoms with Crippen molar-refractivity contribution in [1.29, 1.82) is 0 Å². The standard InChI is InChI=1S/C11H12F3N3OS/c1-17(5-4-11(12,13)14)10(18)8-3-2-7(6-16-8)9(15)19/h2-3,6H,4-5H2,1H3,(H2,15,19). The molecule has 1 amide bonds. The topological polar surface area (TPSA) is 59.2 Å². The Kier molecular flexibility index (Phi) is 4.82. The minimum absolute atomic E-state index is 0.0460. The third-order valence-electron chi connectivity index (χ3n) is 2.34. The second-order valence-corrected chi connectivity index (χ2v) is 4.33. The predicted octanol–water partition coefficient (Wildman–Crippen LogP) is 1.74. The number of alkyl halides is 3. The van der Waals surface area contributed by atoms with Gasteiger partial charge in [-0.05, 0) is 12.1 Å². The van der Waals surface area contributed by atoms with Gasteiger partial charge in [0.15, 0.2) is 0 Å². The highest BCUT2D eigenvalue weighted by Crippen LogP contribution is 2.19. The summed E-state index contributed by atoms with van der Waals surface area (Å²) in [6, 6.07) is 2.88. The van der Waals surface area contributed by atoms with Gasteiger partial charge < -0.3 is 10.6 Å². The minimum Gasteiger partial charge on any atom is -0.389 e. The van der Waals surface area contributed by atoms with Crippen molar-refractivity contribution < 1.29 is 18.0 Å². The third-order valence-corrected chi connectivity index (χ3v) is 2.58. The smallest absolute Gasteiger partial charge is 0.389 e. The fourth-order valence-electron chi connectivity index (χ4n) is 1.26. The van der Waals surface area contributed by atoms with Crippen LogP contribution < -0.4 is 5.73 Å². The average molecular weight is 291 g/mol. The summed E-state index contributed by atoms with van der Waals surface area (Å²) in [4.78, 5) is 16.7. The molecule has 0 spiro atoms. The summed E-state index contributed by atoms with van der Waals surface area (Å²) in [5.41, 5.74) is 5.90. The molecule has 104 valence electrons. The molecule has 0 saturated carbocycles. The van der Waals surface area contributed by atoms with Crippen molar-refractivity contribution in [2.45, 2.75) is 12.6 Å². The summed E-state index contributed by atoms with van der Waals surface area (Å²) >= 11 is 4.72. The maximum absolute atomic E-state index is 12.0. The lowest BCUT2D eigenvalue weighted by Crippen LogP contribution is -2.31. The van der Waals surface area contributed by atoms with Gasteiger partial charge in [0.25, 0.3) is 5.91 Å². The highest BCUT2D eigenvalue weighted by Gasteiger charge is 2.28. The molecule has 1 aromatic rings. The molecule has 0 aromatic carbocycles. The Labute approximate surface area is 113 Å². The van der Waals surface area contributed by atoms with Gasteiger partial charge in [-0.25, -0.2) is 0 Å². The van der Waals surface area contributed by atoms with E-state index in [0.29, 0.717) is 5.56 Å². The van der Waals surface area contributed by atoms with Crippen molar-refractivity contribution in [1.82, 2.24) is 9.88 Å². The number of rotatable bonds is 4. The number of hydrogen-bond donors (Lipinski definition) is 1. The maximum atomic E-state index is 12.0. The Bertz CT molecular complexity index is 473. The normalized spacial score (nSPS) is 11.2. The molecule has 19 heavy (non-hydrogen) atoms. The molecule has 0 unspecified atom stereocenters. The van der Waals surface area contributed by atoms with Crippen LogP contribution in [0.15, 0.2) is 18.3 Å². The molecule has 0 radical (unpaired) electrons. The van der Waals surface area contributed by atoms with Crippen LogP contribution in [0.25, 0.3) is 0 Å². The van der Waals surface area contributed by atoms with Crippen molar-refractivity contribution in [2.24, 2.45) is 5.73 Å². The number of amides is 1. The number of carbonyl (C=O) groups excluding carboxylic acids is 1. The predicted molar refractivity (Wildman–Crippen MR) is 67.8 cm³/mol. The van der Waals surface area contributed by atoms with Gasteiger partial charge in [-0.3, -0.25) is 9.78 Å². The minimum atomic E-state index is -4.29. The van der Waals surface area contributed by atoms with Gasteiger partial charge >= 0.3 is 6.18 Å². The number of nitrogens with two attached hydrogens (primary N) is 1. The first-order valence-corrected chi connectivity index (χ1v) is 5.69. The molecule has 2 N–H and O–H groups in total. The summed E-state index contributed by atoms with van der Waals surface area (Å²) < 4.78 is 36.1. The van der Waals surface area contributed by atoms with Gasteiger partial charge in [-0.2, -0.15) is 13.2 Å². The van der Waals surface area contributed by atoms with Crippen LogP contribution in [0.1, 0.15) is 22.5 Å². The lowest BCUT2D eigenvalue weighted by atomic mass is 10.2. The highest BCUT2D eigenvalue weighted by atomic mass is 32.1. The van der Waals surface area contributed by atoms with E-state index < -0.39 is 25.0 Å². The van der Waals surface area contributed by atoms with Crippen molar-refractivity contribution >= 4 is 23.1 Å². The quantitative estimate of drug-likeness (QED) is 0.858. The van der Waals surface area contributed by atoms with Crippen molar-refractivity contribution in [3.8, 4) is 0 Å². The van der Waals surface area contributed by atoms with Gasteiger partial charge in [-0.1, -0.05) is 12.2 Å². The van der Waals surface area contributed by atoms with Crippen LogP contribution in [0.3, 0.4) is 0 Å². The fourth-order valence-corrected chi connectivity index (χ4v) is 1.38. The fraction of sp³-hybridized carbons (Fsp3) is 0.364. The Morgan fingerprint density at radius 1 is 1.47 bits per heavy atom. The van der Waals surface area contributed by atoms with Crippen LogP contribution >= 0.6 is 12.2 Å². The van der Waals surface area contributed by atoms with E-state index in [4.69, 9.17) is 18.0 Å². The summed E-state index contributed by atoms with van der Waals surface area (Å²) in [6.07, 6.45) is -4.04. The number of pyridine rings is 1.